The number of carbonyl (C=O) groups is 1. The van der Waals surface area contributed by atoms with E-state index in [0.29, 0.717) is 19.3 Å². The normalized spacial score (nSPS) is 13.9. The van der Waals surface area contributed by atoms with Crippen molar-refractivity contribution >= 4 is 5.97 Å². The van der Waals surface area contributed by atoms with Crippen LogP contribution >= 0.6 is 0 Å². The number of aliphatic carboxylic acids is 1. The van der Waals surface area contributed by atoms with Crippen LogP contribution in [0.15, 0.2) is 0 Å². The van der Waals surface area contributed by atoms with E-state index in [1.54, 1.807) is 0 Å². The number of unbranched alkanes of at least 4 members (excludes halogenated alkanes) is 1. The second-order valence-electron chi connectivity index (χ2n) is 4.35. The summed E-state index contributed by atoms with van der Waals surface area (Å²) < 4.78 is 0. The summed E-state index contributed by atoms with van der Waals surface area (Å²) in [6.45, 7) is 1.92. The van der Waals surface area contributed by atoms with E-state index in [1.807, 2.05) is 6.92 Å². The summed E-state index contributed by atoms with van der Waals surface area (Å²) in [4.78, 5) is 10.3. The van der Waals surface area contributed by atoms with Crippen LogP contribution < -0.4 is 17.2 Å². The third kappa shape index (κ3) is 9.65. The van der Waals surface area contributed by atoms with Crippen molar-refractivity contribution in [3.63, 3.8) is 0 Å². The number of carboxylic acid groups (broad SMARTS) is 1. The third-order valence-corrected chi connectivity index (χ3v) is 2.35. The molecule has 0 aromatic carbocycles. The maximum absolute atomic E-state index is 10.3. The summed E-state index contributed by atoms with van der Waals surface area (Å²) in [5, 5.41) is 8.44. The van der Waals surface area contributed by atoms with Crippen LogP contribution in [0.25, 0.3) is 0 Å². The summed E-state index contributed by atoms with van der Waals surface area (Å²) in [7, 11) is 0. The van der Waals surface area contributed by atoms with E-state index in [0.717, 1.165) is 12.8 Å². The molecule has 90 valence electrons. The van der Waals surface area contributed by atoms with Crippen LogP contribution in [0.1, 0.15) is 45.4 Å². The lowest BCUT2D eigenvalue weighted by Gasteiger charge is -2.25. The molecule has 0 bridgehead atoms. The van der Waals surface area contributed by atoms with Crippen molar-refractivity contribution in [2.75, 3.05) is 0 Å². The van der Waals surface area contributed by atoms with Crippen molar-refractivity contribution < 1.29 is 9.90 Å². The van der Waals surface area contributed by atoms with E-state index in [9.17, 15) is 4.79 Å². The molecule has 0 spiro atoms. The van der Waals surface area contributed by atoms with Gasteiger partial charge in [0.15, 0.2) is 0 Å². The summed E-state index contributed by atoms with van der Waals surface area (Å²) in [5.74, 6) is -0.773. The minimum absolute atomic E-state index is 0.107. The number of hydrogen-bond donors (Lipinski definition) is 4. The van der Waals surface area contributed by atoms with E-state index in [-0.39, 0.29) is 12.5 Å². The maximum atomic E-state index is 10.3. The molecule has 0 radical (unpaired) electrons. The van der Waals surface area contributed by atoms with Gasteiger partial charge in [0.05, 0.1) is 5.66 Å². The topological polar surface area (TPSA) is 115 Å². The molecule has 0 aliphatic rings. The Morgan fingerprint density at radius 1 is 1.33 bits per heavy atom. The van der Waals surface area contributed by atoms with Gasteiger partial charge in [-0.1, -0.05) is 0 Å². The first-order valence-corrected chi connectivity index (χ1v) is 5.38. The van der Waals surface area contributed by atoms with Gasteiger partial charge in [-0.25, -0.2) is 0 Å². The quantitative estimate of drug-likeness (QED) is 0.346. The molecule has 0 aliphatic carbocycles. The molecule has 1 atom stereocenters. The van der Waals surface area contributed by atoms with Gasteiger partial charge in [0.2, 0.25) is 0 Å². The van der Waals surface area contributed by atoms with Crippen molar-refractivity contribution in [3.05, 3.63) is 0 Å². The van der Waals surface area contributed by atoms with Crippen LogP contribution in [0.5, 0.6) is 0 Å². The first-order chi connectivity index (χ1) is 6.83. The molecule has 1 unspecified atom stereocenters. The van der Waals surface area contributed by atoms with Gasteiger partial charge in [0, 0.05) is 12.5 Å². The van der Waals surface area contributed by atoms with Gasteiger partial charge in [-0.3, -0.25) is 4.79 Å². The van der Waals surface area contributed by atoms with Gasteiger partial charge in [-0.05, 0) is 39.0 Å². The highest BCUT2D eigenvalue weighted by atomic mass is 16.4. The zero-order valence-corrected chi connectivity index (χ0v) is 9.41. The zero-order valence-electron chi connectivity index (χ0n) is 9.41. The summed E-state index contributed by atoms with van der Waals surface area (Å²) in [6.07, 6.45) is 3.68. The Morgan fingerprint density at radius 3 is 2.40 bits per heavy atom. The molecule has 0 heterocycles. The lowest BCUT2D eigenvalue weighted by molar-refractivity contribution is -0.137. The second kappa shape index (κ2) is 6.76. The van der Waals surface area contributed by atoms with Crippen molar-refractivity contribution in [3.8, 4) is 0 Å². The van der Waals surface area contributed by atoms with Gasteiger partial charge < -0.3 is 22.3 Å². The predicted octanol–water partition coefficient (Wildman–Crippen LogP) is 0.373. The molecule has 0 saturated heterocycles. The highest BCUT2D eigenvalue weighted by molar-refractivity contribution is 5.66. The van der Waals surface area contributed by atoms with Crippen LogP contribution in [-0.2, 0) is 4.79 Å². The summed E-state index contributed by atoms with van der Waals surface area (Å²) in [5.41, 5.74) is 16.6. The number of nitrogens with two attached hydrogens (primary N) is 3. The molecule has 0 aromatic heterocycles. The lowest BCUT2D eigenvalue weighted by atomic mass is 9.96. The molecule has 7 N–H and O–H groups in total. The molecule has 0 amide bonds. The zero-order chi connectivity index (χ0) is 11.9. The Kier molecular flexibility index (Phi) is 6.47. The van der Waals surface area contributed by atoms with Crippen molar-refractivity contribution in [1.82, 2.24) is 0 Å². The Bertz CT molecular complexity index is 193. The second-order valence-corrected chi connectivity index (χ2v) is 4.35. The molecule has 5 nitrogen and oxygen atoms in total. The maximum Gasteiger partial charge on any atom is 0.303 e. The van der Waals surface area contributed by atoms with E-state index >= 15 is 0 Å². The number of carboxylic acids is 1. The Morgan fingerprint density at radius 2 is 1.93 bits per heavy atom. The van der Waals surface area contributed by atoms with Crippen LogP contribution in [0.3, 0.4) is 0 Å². The molecule has 0 fully saturated rings. The van der Waals surface area contributed by atoms with Gasteiger partial charge in [0.25, 0.3) is 0 Å². The summed E-state index contributed by atoms with van der Waals surface area (Å²) >= 11 is 0. The number of rotatable bonds is 8. The van der Waals surface area contributed by atoms with Crippen molar-refractivity contribution in [1.29, 1.82) is 0 Å². The fourth-order valence-electron chi connectivity index (χ4n) is 1.35. The molecular formula is C10H23N3O2. The molecule has 0 aliphatic heterocycles. The molecule has 0 aromatic rings. The molecular weight excluding hydrogens is 194 g/mol. The van der Waals surface area contributed by atoms with Crippen LogP contribution in [-0.4, -0.2) is 22.8 Å². The first kappa shape index (κ1) is 14.3. The van der Waals surface area contributed by atoms with Gasteiger partial charge in [-0.15, -0.1) is 0 Å². The van der Waals surface area contributed by atoms with Gasteiger partial charge in [0.1, 0.15) is 0 Å². The minimum atomic E-state index is -0.773. The summed E-state index contributed by atoms with van der Waals surface area (Å²) in [6, 6.07) is 0.107. The average Bonchev–Trinajstić information content (AvgIpc) is 2.09. The molecule has 0 saturated carbocycles. The smallest absolute Gasteiger partial charge is 0.303 e. The monoisotopic (exact) mass is 217 g/mol. The van der Waals surface area contributed by atoms with E-state index in [1.165, 1.54) is 0 Å². The fraction of sp³-hybridized carbons (Fsp3) is 0.900. The highest BCUT2D eigenvalue weighted by Crippen LogP contribution is 2.13. The number of hydrogen-bond acceptors (Lipinski definition) is 4. The van der Waals surface area contributed by atoms with E-state index in [4.69, 9.17) is 22.3 Å². The highest BCUT2D eigenvalue weighted by Gasteiger charge is 2.18. The fourth-order valence-corrected chi connectivity index (χ4v) is 1.35. The largest absolute Gasteiger partial charge is 0.481 e. The van der Waals surface area contributed by atoms with Crippen LogP contribution in [0.4, 0.5) is 0 Å². The minimum Gasteiger partial charge on any atom is -0.481 e. The van der Waals surface area contributed by atoms with E-state index < -0.39 is 11.6 Å². The third-order valence-electron chi connectivity index (χ3n) is 2.35. The lowest BCUT2D eigenvalue weighted by Crippen LogP contribution is -2.49. The standard InChI is InChI=1S/C10H23N3O2/c1-8(11)5-7-10(12,13)6-3-2-4-9(14)15/h8H,2-7,11-13H2,1H3,(H,14,15). The molecule has 5 heteroatoms. The van der Waals surface area contributed by atoms with E-state index in [2.05, 4.69) is 0 Å². The van der Waals surface area contributed by atoms with Crippen molar-refractivity contribution in [2.24, 2.45) is 17.2 Å². The average molecular weight is 217 g/mol. The SMILES string of the molecule is CC(N)CCC(N)(N)CCCCC(=O)O. The van der Waals surface area contributed by atoms with Gasteiger partial charge in [-0.2, -0.15) is 0 Å². The first-order valence-electron chi connectivity index (χ1n) is 5.38. The molecule has 15 heavy (non-hydrogen) atoms. The van der Waals surface area contributed by atoms with Crippen molar-refractivity contribution in [2.45, 2.75) is 57.2 Å². The Labute approximate surface area is 91.0 Å². The van der Waals surface area contributed by atoms with Crippen LogP contribution in [0.2, 0.25) is 0 Å². The predicted molar refractivity (Wildman–Crippen MR) is 60.1 cm³/mol. The Balaban J connectivity index is 3.59. The van der Waals surface area contributed by atoms with Crippen LogP contribution in [0, 0.1) is 0 Å². The van der Waals surface area contributed by atoms with Gasteiger partial charge >= 0.3 is 5.97 Å². The molecule has 0 rings (SSSR count). The Hall–Kier alpha value is -0.650.